The van der Waals surface area contributed by atoms with Crippen molar-refractivity contribution in [2.24, 2.45) is 0 Å². The number of halogens is 1. The van der Waals surface area contributed by atoms with Gasteiger partial charge in [0.1, 0.15) is 0 Å². The Morgan fingerprint density at radius 3 is 2.93 bits per heavy atom. The zero-order chi connectivity index (χ0) is 10.8. The highest BCUT2D eigenvalue weighted by molar-refractivity contribution is 9.10. The van der Waals surface area contributed by atoms with E-state index < -0.39 is 6.10 Å². The highest BCUT2D eigenvalue weighted by Gasteiger charge is 2.29. The summed E-state index contributed by atoms with van der Waals surface area (Å²) in [5, 5.41) is 0. The lowest BCUT2D eigenvalue weighted by Crippen LogP contribution is -2.22. The molecule has 1 atom stereocenters. The van der Waals surface area contributed by atoms with Gasteiger partial charge >= 0.3 is 5.97 Å². The maximum absolute atomic E-state index is 11.2. The molecule has 5 heteroatoms. The lowest BCUT2D eigenvalue weighted by atomic mass is 10.2. The van der Waals surface area contributed by atoms with Gasteiger partial charge in [0, 0.05) is 6.42 Å². The fraction of sp³-hybridized carbons (Fsp3) is 0.300. The van der Waals surface area contributed by atoms with Crippen molar-refractivity contribution in [1.82, 2.24) is 0 Å². The minimum absolute atomic E-state index is 0.329. The molecular weight excluding hydrogens is 262 g/mol. The third-order valence-electron chi connectivity index (χ3n) is 2.14. The number of carbonyl (C=O) groups is 1. The van der Waals surface area contributed by atoms with E-state index in [0.29, 0.717) is 24.5 Å². The molecule has 2 N–H and O–H groups in total. The molecule has 0 aliphatic carbocycles. The van der Waals surface area contributed by atoms with Crippen LogP contribution in [0.25, 0.3) is 0 Å². The van der Waals surface area contributed by atoms with Crippen LogP contribution >= 0.6 is 15.9 Å². The standard InChI is InChI=1S/C10H10BrNO3/c11-6-2-1-3-7(12)9(6)15-8-4-5-14-10(8)13/h1-3,8H,4-5,12H2. The van der Waals surface area contributed by atoms with E-state index in [1.807, 2.05) is 6.07 Å². The number of benzene rings is 1. The minimum atomic E-state index is -0.536. The molecule has 4 nitrogen and oxygen atoms in total. The second-order valence-electron chi connectivity index (χ2n) is 3.22. The Bertz CT molecular complexity index is 374. The van der Waals surface area contributed by atoms with Crippen LogP contribution in [0.2, 0.25) is 0 Å². The number of nitrogen functional groups attached to an aromatic ring is 1. The predicted octanol–water partition coefficient (Wildman–Crippen LogP) is 1.73. The molecule has 1 unspecified atom stereocenters. The van der Waals surface area contributed by atoms with Crippen molar-refractivity contribution in [2.45, 2.75) is 12.5 Å². The Morgan fingerprint density at radius 2 is 2.33 bits per heavy atom. The van der Waals surface area contributed by atoms with Crippen molar-refractivity contribution in [3.8, 4) is 5.75 Å². The van der Waals surface area contributed by atoms with Crippen LogP contribution in [-0.2, 0) is 9.53 Å². The SMILES string of the molecule is Nc1cccc(Br)c1OC1CCOC1=O. The van der Waals surface area contributed by atoms with Crippen LogP contribution in [0.3, 0.4) is 0 Å². The van der Waals surface area contributed by atoms with Gasteiger partial charge in [-0.15, -0.1) is 0 Å². The lowest BCUT2D eigenvalue weighted by molar-refractivity contribution is -0.143. The molecule has 1 aliphatic rings. The van der Waals surface area contributed by atoms with Gasteiger partial charge in [-0.3, -0.25) is 0 Å². The number of hydrogen-bond acceptors (Lipinski definition) is 4. The Balaban J connectivity index is 2.20. The Kier molecular flexibility index (Phi) is 2.81. The van der Waals surface area contributed by atoms with Gasteiger partial charge in [-0.05, 0) is 28.1 Å². The van der Waals surface area contributed by atoms with Gasteiger partial charge in [0.25, 0.3) is 0 Å². The first-order chi connectivity index (χ1) is 7.18. The van der Waals surface area contributed by atoms with Gasteiger partial charge in [-0.2, -0.15) is 0 Å². The fourth-order valence-corrected chi connectivity index (χ4v) is 1.85. The number of esters is 1. The summed E-state index contributed by atoms with van der Waals surface area (Å²) in [5.41, 5.74) is 6.24. The number of anilines is 1. The molecule has 1 aromatic carbocycles. The molecule has 0 aromatic heterocycles. The summed E-state index contributed by atoms with van der Waals surface area (Å²) in [4.78, 5) is 11.2. The van der Waals surface area contributed by atoms with E-state index in [-0.39, 0.29) is 5.97 Å². The summed E-state index contributed by atoms with van der Waals surface area (Å²) in [6, 6.07) is 5.34. The van der Waals surface area contributed by atoms with Crippen LogP contribution in [0.15, 0.2) is 22.7 Å². The number of rotatable bonds is 2. The topological polar surface area (TPSA) is 61.6 Å². The Morgan fingerprint density at radius 1 is 1.53 bits per heavy atom. The molecule has 0 saturated carbocycles. The minimum Gasteiger partial charge on any atom is -0.475 e. The highest BCUT2D eigenvalue weighted by Crippen LogP contribution is 2.32. The van der Waals surface area contributed by atoms with Crippen LogP contribution in [0.4, 0.5) is 5.69 Å². The molecule has 1 aliphatic heterocycles. The monoisotopic (exact) mass is 271 g/mol. The summed E-state index contributed by atoms with van der Waals surface area (Å²) >= 11 is 3.32. The number of nitrogens with two attached hydrogens (primary N) is 1. The number of para-hydroxylation sites is 1. The molecule has 1 heterocycles. The van der Waals surface area contributed by atoms with Crippen LogP contribution in [0.5, 0.6) is 5.75 Å². The molecule has 0 radical (unpaired) electrons. The average Bonchev–Trinajstić information content (AvgIpc) is 2.58. The summed E-state index contributed by atoms with van der Waals surface area (Å²) in [6.45, 7) is 0.411. The third-order valence-corrected chi connectivity index (χ3v) is 2.77. The van der Waals surface area contributed by atoms with Gasteiger partial charge < -0.3 is 15.2 Å². The molecule has 15 heavy (non-hydrogen) atoms. The quantitative estimate of drug-likeness (QED) is 0.657. The van der Waals surface area contributed by atoms with Crippen LogP contribution in [0.1, 0.15) is 6.42 Å². The lowest BCUT2D eigenvalue weighted by Gasteiger charge is -2.13. The first-order valence-electron chi connectivity index (χ1n) is 4.56. The average molecular weight is 272 g/mol. The van der Waals surface area contributed by atoms with Gasteiger partial charge in [0.15, 0.2) is 11.9 Å². The number of cyclic esters (lactones) is 1. The van der Waals surface area contributed by atoms with E-state index in [9.17, 15) is 4.79 Å². The van der Waals surface area contributed by atoms with E-state index in [1.165, 1.54) is 0 Å². The zero-order valence-electron chi connectivity index (χ0n) is 7.90. The molecule has 0 bridgehead atoms. The molecule has 80 valence electrons. The molecule has 1 saturated heterocycles. The van der Waals surface area contributed by atoms with E-state index in [4.69, 9.17) is 15.2 Å². The number of hydrogen-bond donors (Lipinski definition) is 1. The van der Waals surface area contributed by atoms with Crippen molar-refractivity contribution >= 4 is 27.6 Å². The molecule has 2 rings (SSSR count). The van der Waals surface area contributed by atoms with E-state index in [1.54, 1.807) is 12.1 Å². The van der Waals surface area contributed by atoms with Crippen LogP contribution < -0.4 is 10.5 Å². The molecule has 1 fully saturated rings. The maximum Gasteiger partial charge on any atom is 0.347 e. The summed E-state index contributed by atoms with van der Waals surface area (Å²) in [6.07, 6.45) is 0.0329. The van der Waals surface area contributed by atoms with Crippen LogP contribution in [-0.4, -0.2) is 18.7 Å². The first kappa shape index (κ1) is 10.3. The maximum atomic E-state index is 11.2. The second-order valence-corrected chi connectivity index (χ2v) is 4.08. The van der Waals surface area contributed by atoms with Crippen molar-refractivity contribution < 1.29 is 14.3 Å². The largest absolute Gasteiger partial charge is 0.475 e. The third kappa shape index (κ3) is 2.07. The molecule has 0 spiro atoms. The van der Waals surface area contributed by atoms with Gasteiger partial charge in [-0.1, -0.05) is 6.07 Å². The predicted molar refractivity (Wildman–Crippen MR) is 58.5 cm³/mol. The second kappa shape index (κ2) is 4.10. The zero-order valence-corrected chi connectivity index (χ0v) is 9.49. The Labute approximate surface area is 95.5 Å². The highest BCUT2D eigenvalue weighted by atomic mass is 79.9. The number of carbonyl (C=O) groups excluding carboxylic acids is 1. The molecule has 1 aromatic rings. The normalized spacial score (nSPS) is 20.1. The van der Waals surface area contributed by atoms with Gasteiger partial charge in [0.05, 0.1) is 16.8 Å². The van der Waals surface area contributed by atoms with E-state index >= 15 is 0 Å². The first-order valence-corrected chi connectivity index (χ1v) is 5.35. The van der Waals surface area contributed by atoms with Crippen molar-refractivity contribution in [2.75, 3.05) is 12.3 Å². The summed E-state index contributed by atoms with van der Waals surface area (Å²) in [5.74, 6) is 0.173. The van der Waals surface area contributed by atoms with E-state index in [2.05, 4.69) is 15.9 Å². The van der Waals surface area contributed by atoms with Crippen molar-refractivity contribution in [3.05, 3.63) is 22.7 Å². The van der Waals surface area contributed by atoms with Gasteiger partial charge in [-0.25, -0.2) is 4.79 Å². The van der Waals surface area contributed by atoms with Gasteiger partial charge in [0.2, 0.25) is 0 Å². The van der Waals surface area contributed by atoms with E-state index in [0.717, 1.165) is 4.47 Å². The van der Waals surface area contributed by atoms with Crippen molar-refractivity contribution in [3.63, 3.8) is 0 Å². The summed E-state index contributed by atoms with van der Waals surface area (Å²) < 4.78 is 11.0. The smallest absolute Gasteiger partial charge is 0.347 e. The number of ether oxygens (including phenoxy) is 2. The summed E-state index contributed by atoms with van der Waals surface area (Å²) in [7, 11) is 0. The molecule has 0 amide bonds. The molecular formula is C10H10BrNO3. The van der Waals surface area contributed by atoms with Crippen LogP contribution in [0, 0.1) is 0 Å². The fourth-order valence-electron chi connectivity index (χ4n) is 1.38. The van der Waals surface area contributed by atoms with Crippen molar-refractivity contribution in [1.29, 1.82) is 0 Å². The Hall–Kier alpha value is -1.23.